The van der Waals surface area contributed by atoms with Gasteiger partial charge in [-0.25, -0.2) is 23.4 Å². The fraction of sp³-hybridized carbons (Fsp3) is 0.133. The van der Waals surface area contributed by atoms with E-state index in [4.69, 9.17) is 11.6 Å². The van der Waals surface area contributed by atoms with E-state index in [0.29, 0.717) is 11.8 Å². The third-order valence-electron chi connectivity index (χ3n) is 3.33. The molecule has 1 N–H and O–H groups in total. The minimum atomic E-state index is -3.49. The van der Waals surface area contributed by atoms with Gasteiger partial charge in [0.15, 0.2) is 15.7 Å². The molecule has 2 aromatic heterocycles. The second kappa shape index (κ2) is 7.18. The molecule has 0 saturated carbocycles. The Labute approximate surface area is 154 Å². The maximum absolute atomic E-state index is 12.4. The Morgan fingerprint density at radius 1 is 1.19 bits per heavy atom. The van der Waals surface area contributed by atoms with Crippen LogP contribution >= 0.6 is 11.6 Å². The second-order valence-corrected chi connectivity index (χ2v) is 7.72. The SMILES string of the molecule is CS(=O)(=O)c1cc(Cl)cc(C(=O)NCc2ncnn2-c2ncccn2)c1. The first kappa shape index (κ1) is 18.0. The number of nitrogens with zero attached hydrogens (tertiary/aromatic N) is 5. The summed E-state index contributed by atoms with van der Waals surface area (Å²) < 4.78 is 24.7. The van der Waals surface area contributed by atoms with Crippen molar-refractivity contribution < 1.29 is 13.2 Å². The standard InChI is InChI=1S/C15H13ClN6O3S/c1-26(24,25)12-6-10(5-11(16)7-12)14(23)19-8-13-20-9-21-22(13)15-17-3-2-4-18-15/h2-7,9H,8H2,1H3,(H,19,23). The molecule has 0 unspecified atom stereocenters. The summed E-state index contributed by atoms with van der Waals surface area (Å²) in [6.07, 6.45) is 5.48. The molecule has 1 aromatic carbocycles. The molecule has 9 nitrogen and oxygen atoms in total. The minimum Gasteiger partial charge on any atom is -0.345 e. The Hall–Kier alpha value is -2.85. The quantitative estimate of drug-likeness (QED) is 0.688. The molecule has 0 radical (unpaired) electrons. The van der Waals surface area contributed by atoms with Gasteiger partial charge in [0.05, 0.1) is 11.4 Å². The molecule has 0 fully saturated rings. The fourth-order valence-corrected chi connectivity index (χ4v) is 3.10. The number of benzene rings is 1. The highest BCUT2D eigenvalue weighted by Crippen LogP contribution is 2.19. The third-order valence-corrected chi connectivity index (χ3v) is 4.64. The predicted molar refractivity (Wildman–Crippen MR) is 92.7 cm³/mol. The highest BCUT2D eigenvalue weighted by atomic mass is 35.5. The van der Waals surface area contributed by atoms with Gasteiger partial charge < -0.3 is 5.32 Å². The van der Waals surface area contributed by atoms with Crippen molar-refractivity contribution in [2.75, 3.05) is 6.26 Å². The van der Waals surface area contributed by atoms with E-state index in [9.17, 15) is 13.2 Å². The van der Waals surface area contributed by atoms with Crippen LogP contribution in [0.1, 0.15) is 16.2 Å². The van der Waals surface area contributed by atoms with E-state index in [0.717, 1.165) is 6.26 Å². The molecule has 26 heavy (non-hydrogen) atoms. The van der Waals surface area contributed by atoms with Crippen LogP contribution in [0.3, 0.4) is 0 Å². The van der Waals surface area contributed by atoms with Crippen LogP contribution in [0.4, 0.5) is 0 Å². The Morgan fingerprint density at radius 3 is 2.62 bits per heavy atom. The number of nitrogens with one attached hydrogen (secondary N) is 1. The molecule has 0 aliphatic rings. The van der Waals surface area contributed by atoms with E-state index in [1.54, 1.807) is 18.5 Å². The van der Waals surface area contributed by atoms with Crippen molar-refractivity contribution in [3.05, 3.63) is 59.4 Å². The van der Waals surface area contributed by atoms with Crippen molar-refractivity contribution in [2.24, 2.45) is 0 Å². The van der Waals surface area contributed by atoms with Gasteiger partial charge in [0.1, 0.15) is 6.33 Å². The van der Waals surface area contributed by atoms with Crippen molar-refractivity contribution in [2.45, 2.75) is 11.4 Å². The number of carbonyl (C=O) groups is 1. The molecule has 1 amide bonds. The molecule has 0 atom stereocenters. The maximum atomic E-state index is 12.4. The minimum absolute atomic E-state index is 0.0315. The molecular weight excluding hydrogens is 380 g/mol. The van der Waals surface area contributed by atoms with Gasteiger partial charge in [0.2, 0.25) is 0 Å². The topological polar surface area (TPSA) is 120 Å². The van der Waals surface area contributed by atoms with Gasteiger partial charge in [-0.05, 0) is 24.3 Å². The van der Waals surface area contributed by atoms with Crippen LogP contribution in [-0.4, -0.2) is 45.3 Å². The lowest BCUT2D eigenvalue weighted by Crippen LogP contribution is -2.25. The van der Waals surface area contributed by atoms with Crippen molar-refractivity contribution >= 4 is 27.3 Å². The molecule has 3 rings (SSSR count). The van der Waals surface area contributed by atoms with Gasteiger partial charge in [-0.3, -0.25) is 4.79 Å². The van der Waals surface area contributed by atoms with Crippen molar-refractivity contribution in [1.82, 2.24) is 30.0 Å². The summed E-state index contributed by atoms with van der Waals surface area (Å²) in [5.74, 6) is 0.229. The maximum Gasteiger partial charge on any atom is 0.252 e. The number of aromatic nitrogens is 5. The lowest BCUT2D eigenvalue weighted by molar-refractivity contribution is 0.0949. The van der Waals surface area contributed by atoms with Crippen molar-refractivity contribution in [1.29, 1.82) is 0 Å². The Balaban J connectivity index is 1.79. The number of hydrogen-bond acceptors (Lipinski definition) is 7. The Kier molecular flexibility index (Phi) is 4.96. The van der Waals surface area contributed by atoms with Crippen LogP contribution in [0.2, 0.25) is 5.02 Å². The average molecular weight is 393 g/mol. The zero-order valence-corrected chi connectivity index (χ0v) is 15.1. The zero-order chi connectivity index (χ0) is 18.7. The number of hydrogen-bond donors (Lipinski definition) is 1. The van der Waals surface area contributed by atoms with E-state index < -0.39 is 15.7 Å². The van der Waals surface area contributed by atoms with Crippen LogP contribution in [0, 0.1) is 0 Å². The van der Waals surface area contributed by atoms with Gasteiger partial charge in [-0.15, -0.1) is 0 Å². The second-order valence-electron chi connectivity index (χ2n) is 5.27. The lowest BCUT2D eigenvalue weighted by atomic mass is 10.2. The van der Waals surface area contributed by atoms with Gasteiger partial charge in [0, 0.05) is 29.2 Å². The zero-order valence-electron chi connectivity index (χ0n) is 13.5. The van der Waals surface area contributed by atoms with Crippen LogP contribution in [0.25, 0.3) is 5.95 Å². The highest BCUT2D eigenvalue weighted by Gasteiger charge is 2.15. The Morgan fingerprint density at radius 2 is 1.92 bits per heavy atom. The first-order valence-corrected chi connectivity index (χ1v) is 9.56. The van der Waals surface area contributed by atoms with E-state index in [1.807, 2.05) is 0 Å². The lowest BCUT2D eigenvalue weighted by Gasteiger charge is -2.08. The smallest absolute Gasteiger partial charge is 0.252 e. The molecule has 11 heteroatoms. The van der Waals surface area contributed by atoms with Gasteiger partial charge in [-0.2, -0.15) is 9.78 Å². The van der Waals surface area contributed by atoms with Gasteiger partial charge >= 0.3 is 0 Å². The molecule has 0 bridgehead atoms. The van der Waals surface area contributed by atoms with Crippen molar-refractivity contribution in [3.8, 4) is 5.95 Å². The van der Waals surface area contributed by atoms with Crippen LogP contribution in [0.15, 0.2) is 47.9 Å². The van der Waals surface area contributed by atoms with Crippen LogP contribution in [0.5, 0.6) is 0 Å². The summed E-state index contributed by atoms with van der Waals surface area (Å²) in [5.41, 5.74) is 0.125. The molecule has 134 valence electrons. The number of amides is 1. The number of sulfone groups is 1. The summed E-state index contributed by atoms with van der Waals surface area (Å²) in [4.78, 5) is 24.5. The van der Waals surface area contributed by atoms with E-state index in [-0.39, 0.29) is 22.0 Å². The third kappa shape index (κ3) is 4.03. The molecule has 0 saturated heterocycles. The monoisotopic (exact) mass is 392 g/mol. The van der Waals surface area contributed by atoms with E-state index in [1.165, 1.54) is 29.2 Å². The van der Waals surface area contributed by atoms with Crippen molar-refractivity contribution in [3.63, 3.8) is 0 Å². The predicted octanol–water partition coefficient (Wildman–Crippen LogP) is 1.04. The number of rotatable bonds is 5. The van der Waals surface area contributed by atoms with Crippen LogP contribution < -0.4 is 5.32 Å². The van der Waals surface area contributed by atoms with E-state index >= 15 is 0 Å². The molecular formula is C15H13ClN6O3S. The summed E-state index contributed by atoms with van der Waals surface area (Å²) in [6.45, 7) is 0.0395. The molecule has 0 spiro atoms. The van der Waals surface area contributed by atoms with Gasteiger partial charge in [0.25, 0.3) is 11.9 Å². The molecule has 0 aliphatic heterocycles. The summed E-state index contributed by atoms with van der Waals surface area (Å²) in [6, 6.07) is 5.61. The summed E-state index contributed by atoms with van der Waals surface area (Å²) in [7, 11) is -3.49. The summed E-state index contributed by atoms with van der Waals surface area (Å²) >= 11 is 5.92. The molecule has 2 heterocycles. The van der Waals surface area contributed by atoms with Gasteiger partial charge in [-0.1, -0.05) is 11.6 Å². The van der Waals surface area contributed by atoms with Crippen LogP contribution in [-0.2, 0) is 16.4 Å². The molecule has 0 aliphatic carbocycles. The highest BCUT2D eigenvalue weighted by molar-refractivity contribution is 7.90. The number of halogens is 1. The van der Waals surface area contributed by atoms with E-state index in [2.05, 4.69) is 25.4 Å². The average Bonchev–Trinajstić information content (AvgIpc) is 3.07. The molecule has 3 aromatic rings. The largest absolute Gasteiger partial charge is 0.345 e. The first-order valence-electron chi connectivity index (χ1n) is 7.30. The first-order chi connectivity index (χ1) is 12.3. The fourth-order valence-electron chi connectivity index (χ4n) is 2.12. The summed E-state index contributed by atoms with van der Waals surface area (Å²) in [5, 5.41) is 6.82. The Bertz CT molecular complexity index is 1050. The normalized spacial score (nSPS) is 11.3. The number of carbonyl (C=O) groups excluding carboxylic acids is 1.